The molecule has 0 aliphatic carbocycles. The molecule has 0 fully saturated rings. The summed E-state index contributed by atoms with van der Waals surface area (Å²) in [6, 6.07) is 33.5. The molecule has 3 aromatic rings. The summed E-state index contributed by atoms with van der Waals surface area (Å²) in [6.07, 6.45) is 2.45. The van der Waals surface area contributed by atoms with E-state index in [2.05, 4.69) is 105 Å². The van der Waals surface area contributed by atoms with Gasteiger partial charge in [-0.1, -0.05) is 54.6 Å². The van der Waals surface area contributed by atoms with Crippen LogP contribution in [-0.4, -0.2) is 26.8 Å². The van der Waals surface area contributed by atoms with Gasteiger partial charge in [-0.25, -0.2) is 0 Å². The number of rotatable bonds is 7. The van der Waals surface area contributed by atoms with Crippen molar-refractivity contribution in [2.45, 2.75) is 6.42 Å². The summed E-state index contributed by atoms with van der Waals surface area (Å²) in [5.74, 6) is 0. The molecule has 1 N–H and O–H groups in total. The van der Waals surface area contributed by atoms with Crippen LogP contribution in [0.2, 0.25) is 0 Å². The topological polar surface area (TPSA) is 4.44 Å². The third-order valence-electron chi connectivity index (χ3n) is 4.76. The zero-order valence-electron chi connectivity index (χ0n) is 15.2. The molecule has 128 valence electrons. The molecule has 0 aromatic heterocycles. The Balaban J connectivity index is 2.16. The predicted molar refractivity (Wildman–Crippen MR) is 112 cm³/mol. The second-order valence-corrected chi connectivity index (χ2v) is 10.5. The van der Waals surface area contributed by atoms with Gasteiger partial charge in [0.1, 0.15) is 23.2 Å². The lowest BCUT2D eigenvalue weighted by molar-refractivity contribution is -0.858. The molecule has 0 bridgehead atoms. The Morgan fingerprint density at radius 1 is 0.600 bits per heavy atom. The summed E-state index contributed by atoms with van der Waals surface area (Å²) < 4.78 is 0. The molecule has 0 aliphatic heterocycles. The van der Waals surface area contributed by atoms with E-state index >= 15 is 0 Å². The summed E-state index contributed by atoms with van der Waals surface area (Å²) in [6.45, 7) is 1.20. The van der Waals surface area contributed by atoms with Crippen LogP contribution in [0.5, 0.6) is 0 Å². The van der Waals surface area contributed by atoms with Crippen molar-refractivity contribution in [1.82, 2.24) is 0 Å². The lowest BCUT2D eigenvalue weighted by Crippen LogP contribution is -3.05. The molecule has 0 saturated carbocycles. The third kappa shape index (κ3) is 4.00. The fourth-order valence-corrected chi connectivity index (χ4v) is 7.90. The Bertz CT molecular complexity index is 657. The summed E-state index contributed by atoms with van der Waals surface area (Å²) in [5.41, 5.74) is 0. The maximum absolute atomic E-state index is 2.33. The minimum Gasteiger partial charge on any atom is -0.340 e. The summed E-state index contributed by atoms with van der Waals surface area (Å²) in [4.78, 5) is 1.52. The van der Waals surface area contributed by atoms with E-state index in [1.165, 1.54) is 39.9 Å². The van der Waals surface area contributed by atoms with Crippen LogP contribution in [-0.2, 0) is 0 Å². The van der Waals surface area contributed by atoms with E-state index in [9.17, 15) is 0 Å². The van der Waals surface area contributed by atoms with Crippen molar-refractivity contribution in [1.29, 1.82) is 0 Å². The van der Waals surface area contributed by atoms with Gasteiger partial charge in [0, 0.05) is 6.42 Å². The van der Waals surface area contributed by atoms with Gasteiger partial charge >= 0.3 is 0 Å². The Morgan fingerprint density at radius 2 is 0.960 bits per heavy atom. The van der Waals surface area contributed by atoms with Gasteiger partial charge < -0.3 is 4.90 Å². The summed E-state index contributed by atoms with van der Waals surface area (Å²) in [7, 11) is 2.86. The molecule has 0 heterocycles. The van der Waals surface area contributed by atoms with Gasteiger partial charge in [-0.2, -0.15) is 0 Å². The van der Waals surface area contributed by atoms with Crippen LogP contribution in [0.4, 0.5) is 0 Å². The predicted octanol–water partition coefficient (Wildman–Crippen LogP) is 2.52. The van der Waals surface area contributed by atoms with Crippen LogP contribution in [0, 0.1) is 0 Å². The van der Waals surface area contributed by atoms with Gasteiger partial charge in [-0.05, 0) is 36.4 Å². The van der Waals surface area contributed by atoms with Gasteiger partial charge in [0.2, 0.25) is 0 Å². The van der Waals surface area contributed by atoms with Crippen molar-refractivity contribution >= 4 is 23.2 Å². The maximum atomic E-state index is 2.33. The summed E-state index contributed by atoms with van der Waals surface area (Å²) in [5, 5.41) is 4.46. The highest BCUT2D eigenvalue weighted by atomic mass is 31.2. The molecule has 0 saturated heterocycles. The van der Waals surface area contributed by atoms with E-state index in [1.54, 1.807) is 0 Å². The SMILES string of the molecule is C[NH+](C)CCC[P+](c1ccccc1)(c1ccccc1)c1ccccc1. The molecule has 2 heteroatoms. The highest BCUT2D eigenvalue weighted by Gasteiger charge is 2.44. The minimum absolute atomic E-state index is 1.20. The highest BCUT2D eigenvalue weighted by molar-refractivity contribution is 7.95. The third-order valence-corrected chi connectivity index (χ3v) is 9.29. The van der Waals surface area contributed by atoms with Crippen molar-refractivity contribution < 1.29 is 4.90 Å². The van der Waals surface area contributed by atoms with E-state index in [-0.39, 0.29) is 0 Å². The molecule has 3 aromatic carbocycles. The fourth-order valence-electron chi connectivity index (χ4n) is 3.55. The monoisotopic (exact) mass is 349 g/mol. The molecular weight excluding hydrogens is 321 g/mol. The fraction of sp³-hybridized carbons (Fsp3) is 0.217. The van der Waals surface area contributed by atoms with Crippen LogP contribution in [0.1, 0.15) is 6.42 Å². The molecule has 0 radical (unpaired) electrons. The van der Waals surface area contributed by atoms with Crippen LogP contribution >= 0.6 is 7.26 Å². The molecule has 0 amide bonds. The molecule has 3 rings (SSSR count). The number of benzene rings is 3. The zero-order valence-corrected chi connectivity index (χ0v) is 16.1. The Labute approximate surface area is 152 Å². The average molecular weight is 349 g/mol. The first-order valence-electron chi connectivity index (χ1n) is 9.07. The van der Waals surface area contributed by atoms with Crippen molar-refractivity contribution in [3.63, 3.8) is 0 Å². The summed E-state index contributed by atoms with van der Waals surface area (Å²) >= 11 is 0. The molecule has 25 heavy (non-hydrogen) atoms. The number of nitrogens with one attached hydrogen (secondary N) is 1. The van der Waals surface area contributed by atoms with E-state index in [1.807, 2.05) is 0 Å². The first-order valence-corrected chi connectivity index (χ1v) is 11.0. The van der Waals surface area contributed by atoms with Crippen LogP contribution in [0.3, 0.4) is 0 Å². The van der Waals surface area contributed by atoms with E-state index in [0.717, 1.165) is 0 Å². The van der Waals surface area contributed by atoms with Crippen molar-refractivity contribution in [2.75, 3.05) is 26.8 Å². The zero-order chi connectivity index (χ0) is 17.5. The van der Waals surface area contributed by atoms with Gasteiger partial charge in [-0.3, -0.25) is 0 Å². The second kappa shape index (κ2) is 8.43. The molecule has 0 spiro atoms. The lowest BCUT2D eigenvalue weighted by Gasteiger charge is -2.27. The van der Waals surface area contributed by atoms with E-state index in [0.29, 0.717) is 0 Å². The minimum atomic E-state index is -1.62. The van der Waals surface area contributed by atoms with Crippen molar-refractivity contribution in [2.24, 2.45) is 0 Å². The lowest BCUT2D eigenvalue weighted by atomic mass is 10.3. The normalized spacial score (nSPS) is 11.6. The Morgan fingerprint density at radius 3 is 1.28 bits per heavy atom. The molecule has 1 nitrogen and oxygen atoms in total. The highest BCUT2D eigenvalue weighted by Crippen LogP contribution is 2.55. The van der Waals surface area contributed by atoms with Crippen LogP contribution in [0.25, 0.3) is 0 Å². The van der Waals surface area contributed by atoms with Crippen molar-refractivity contribution in [3.05, 3.63) is 91.0 Å². The quantitative estimate of drug-likeness (QED) is 0.625. The first-order chi connectivity index (χ1) is 12.2. The molecule has 0 aliphatic rings. The molecular formula is C23H28NP+2. The molecule has 0 atom stereocenters. The first kappa shape index (κ1) is 17.9. The molecule has 0 unspecified atom stereocenters. The van der Waals surface area contributed by atoms with Gasteiger partial charge in [-0.15, -0.1) is 0 Å². The van der Waals surface area contributed by atoms with E-state index in [4.69, 9.17) is 0 Å². The number of hydrogen-bond donors (Lipinski definition) is 1. The van der Waals surface area contributed by atoms with Gasteiger partial charge in [0.25, 0.3) is 0 Å². The second-order valence-electron chi connectivity index (χ2n) is 6.85. The average Bonchev–Trinajstić information content (AvgIpc) is 2.67. The largest absolute Gasteiger partial charge is 0.340 e. The standard InChI is InChI=1S/C23H27NP/c1-24(2)19-12-20-25(21-13-6-3-7-14-21,22-15-8-4-9-16-22)23-17-10-5-11-18-23/h3-11,13-18H,12,19-20H2,1-2H3/q+1/p+1. The van der Waals surface area contributed by atoms with E-state index < -0.39 is 7.26 Å². The Hall–Kier alpha value is -1.95. The number of hydrogen-bond acceptors (Lipinski definition) is 0. The van der Waals surface area contributed by atoms with Gasteiger partial charge in [0.15, 0.2) is 0 Å². The van der Waals surface area contributed by atoms with Crippen LogP contribution in [0.15, 0.2) is 91.0 Å². The van der Waals surface area contributed by atoms with Gasteiger partial charge in [0.05, 0.1) is 26.8 Å². The number of quaternary nitrogens is 1. The van der Waals surface area contributed by atoms with Crippen molar-refractivity contribution in [3.8, 4) is 0 Å². The maximum Gasteiger partial charge on any atom is 0.112 e. The Kier molecular flexibility index (Phi) is 6.02. The smallest absolute Gasteiger partial charge is 0.112 e. The van der Waals surface area contributed by atoms with Crippen LogP contribution < -0.4 is 20.8 Å².